The molecule has 1 amide bonds. The fourth-order valence-corrected chi connectivity index (χ4v) is 2.66. The second kappa shape index (κ2) is 6.63. The minimum Gasteiger partial charge on any atom is -0.290 e. The molecule has 1 unspecified atom stereocenters. The zero-order chi connectivity index (χ0) is 17.1. The van der Waals surface area contributed by atoms with E-state index in [1.54, 1.807) is 0 Å². The molecule has 0 saturated carbocycles. The first kappa shape index (κ1) is 15.9. The number of carbonyl (C=O) groups is 1. The van der Waals surface area contributed by atoms with Crippen molar-refractivity contribution in [1.29, 1.82) is 0 Å². The maximum atomic E-state index is 12.6. The maximum Gasteiger partial charge on any atom is 0.272 e. The molecule has 1 aliphatic rings. The van der Waals surface area contributed by atoms with Gasteiger partial charge in [0, 0.05) is 12.2 Å². The number of nitrogens with zero attached hydrogens (tertiary/aromatic N) is 3. The van der Waals surface area contributed by atoms with Crippen LogP contribution in [-0.2, 0) is 0 Å². The van der Waals surface area contributed by atoms with Crippen molar-refractivity contribution < 1.29 is 4.79 Å². The van der Waals surface area contributed by atoms with Crippen LogP contribution >= 0.6 is 0 Å². The number of hydrogen-bond donors (Lipinski definition) is 3. The van der Waals surface area contributed by atoms with Crippen molar-refractivity contribution in [2.24, 2.45) is 10.9 Å². The van der Waals surface area contributed by atoms with Gasteiger partial charge < -0.3 is 0 Å². The third-order valence-electron chi connectivity index (χ3n) is 3.96. The van der Waals surface area contributed by atoms with Crippen LogP contribution in [0.15, 0.2) is 46.4 Å². The first-order valence-electron chi connectivity index (χ1n) is 7.62. The van der Waals surface area contributed by atoms with Crippen molar-refractivity contribution in [3.8, 4) is 0 Å². The van der Waals surface area contributed by atoms with E-state index >= 15 is 0 Å². The van der Waals surface area contributed by atoms with Gasteiger partial charge in [-0.05, 0) is 31.9 Å². The number of nitrogens with one attached hydrogen (secondary N) is 2. The van der Waals surface area contributed by atoms with Crippen LogP contribution in [0.3, 0.4) is 0 Å². The van der Waals surface area contributed by atoms with Crippen LogP contribution in [-0.4, -0.2) is 21.2 Å². The Balaban J connectivity index is 2.00. The zero-order valence-electron chi connectivity index (χ0n) is 13.2. The van der Waals surface area contributed by atoms with Crippen molar-refractivity contribution in [1.82, 2.24) is 15.0 Å². The molecule has 2 heterocycles. The van der Waals surface area contributed by atoms with Crippen molar-refractivity contribution >= 4 is 17.3 Å². The molecule has 4 N–H and O–H groups in total. The molecule has 2 aromatic rings. The lowest BCUT2D eigenvalue weighted by Gasteiger charge is -2.25. The summed E-state index contributed by atoms with van der Waals surface area (Å²) in [6.07, 6.45) is 2.67. The number of para-hydroxylation sites is 1. The highest BCUT2D eigenvalue weighted by Crippen LogP contribution is 2.22. The molecule has 0 saturated heterocycles. The Morgan fingerprint density at radius 3 is 2.83 bits per heavy atom. The fourth-order valence-electron chi connectivity index (χ4n) is 2.66. The highest BCUT2D eigenvalue weighted by Gasteiger charge is 2.26. The second-order valence-electron chi connectivity index (χ2n) is 5.57. The number of amides is 1. The fraction of sp³-hybridized carbons (Fsp3) is 0.250. The Labute approximate surface area is 138 Å². The van der Waals surface area contributed by atoms with E-state index in [4.69, 9.17) is 5.84 Å². The SMILES string of the molecule is CC1CCC(=NNc2ccccc2)c2ncc(C(=O)NN)c(=O)n21. The predicted octanol–water partition coefficient (Wildman–Crippen LogP) is 1.02. The van der Waals surface area contributed by atoms with Gasteiger partial charge in [-0.15, -0.1) is 0 Å². The summed E-state index contributed by atoms with van der Waals surface area (Å²) < 4.78 is 1.50. The average molecular weight is 326 g/mol. The molecule has 3 rings (SSSR count). The number of nitrogen functional groups attached to an aromatic ring is 1. The van der Waals surface area contributed by atoms with E-state index in [0.717, 1.165) is 12.1 Å². The van der Waals surface area contributed by atoms with E-state index in [1.165, 1.54) is 10.8 Å². The van der Waals surface area contributed by atoms with Crippen LogP contribution in [0.1, 0.15) is 42.0 Å². The lowest BCUT2D eigenvalue weighted by Crippen LogP contribution is -2.41. The van der Waals surface area contributed by atoms with Crippen molar-refractivity contribution in [2.45, 2.75) is 25.8 Å². The number of nitrogens with two attached hydrogens (primary N) is 1. The van der Waals surface area contributed by atoms with Gasteiger partial charge in [-0.3, -0.25) is 25.0 Å². The van der Waals surface area contributed by atoms with Crippen molar-refractivity contribution in [2.75, 3.05) is 5.43 Å². The lowest BCUT2D eigenvalue weighted by molar-refractivity contribution is 0.0950. The smallest absolute Gasteiger partial charge is 0.272 e. The summed E-state index contributed by atoms with van der Waals surface area (Å²) >= 11 is 0. The standard InChI is InChI=1S/C16H18N6O2/c1-10-7-8-13(21-20-11-5-3-2-4-6-11)14-18-9-12(15(23)19-17)16(24)22(10)14/h2-6,9-10,20H,7-8,17H2,1H3,(H,19,23). The highest BCUT2D eigenvalue weighted by molar-refractivity contribution is 5.99. The Kier molecular flexibility index (Phi) is 4.39. The van der Waals surface area contributed by atoms with Gasteiger partial charge in [0.2, 0.25) is 0 Å². The van der Waals surface area contributed by atoms with E-state index in [-0.39, 0.29) is 11.6 Å². The Hall–Kier alpha value is -3.00. The summed E-state index contributed by atoms with van der Waals surface area (Å²) in [5.41, 5.74) is 5.96. The van der Waals surface area contributed by atoms with Gasteiger partial charge in [-0.2, -0.15) is 5.10 Å². The molecule has 0 radical (unpaired) electrons. The topological polar surface area (TPSA) is 114 Å². The highest BCUT2D eigenvalue weighted by atomic mass is 16.2. The number of hydrogen-bond acceptors (Lipinski definition) is 6. The number of hydrazone groups is 1. The van der Waals surface area contributed by atoms with Gasteiger partial charge in [0.25, 0.3) is 11.5 Å². The minimum atomic E-state index is -0.651. The van der Waals surface area contributed by atoms with Crippen molar-refractivity contribution in [3.05, 3.63) is 58.3 Å². The molecule has 0 bridgehead atoms. The van der Waals surface area contributed by atoms with E-state index in [0.29, 0.717) is 18.0 Å². The van der Waals surface area contributed by atoms with E-state index in [9.17, 15) is 9.59 Å². The predicted molar refractivity (Wildman–Crippen MR) is 90.7 cm³/mol. The molecule has 8 nitrogen and oxygen atoms in total. The van der Waals surface area contributed by atoms with Gasteiger partial charge in [0.05, 0.1) is 5.69 Å². The van der Waals surface area contributed by atoms with Crippen LogP contribution in [0.25, 0.3) is 0 Å². The molecule has 1 atom stereocenters. The molecule has 24 heavy (non-hydrogen) atoms. The first-order chi connectivity index (χ1) is 11.6. The Morgan fingerprint density at radius 1 is 1.38 bits per heavy atom. The summed E-state index contributed by atoms with van der Waals surface area (Å²) in [4.78, 5) is 28.5. The van der Waals surface area contributed by atoms with Crippen LogP contribution in [0.4, 0.5) is 5.69 Å². The van der Waals surface area contributed by atoms with Gasteiger partial charge in [0.15, 0.2) is 5.82 Å². The quantitative estimate of drug-likeness (QED) is 0.442. The summed E-state index contributed by atoms with van der Waals surface area (Å²) in [6.45, 7) is 1.91. The molecule has 0 spiro atoms. The lowest BCUT2D eigenvalue weighted by atomic mass is 10.0. The van der Waals surface area contributed by atoms with Crippen molar-refractivity contribution in [3.63, 3.8) is 0 Å². The Bertz CT molecular complexity index is 843. The number of anilines is 1. The molecule has 0 fully saturated rings. The van der Waals surface area contributed by atoms with E-state index < -0.39 is 11.5 Å². The van der Waals surface area contributed by atoms with Gasteiger partial charge in [-0.25, -0.2) is 10.8 Å². The molecule has 124 valence electrons. The molecular formula is C16H18N6O2. The monoisotopic (exact) mass is 326 g/mol. The van der Waals surface area contributed by atoms with Crippen LogP contribution < -0.4 is 22.3 Å². The third-order valence-corrected chi connectivity index (χ3v) is 3.96. The Morgan fingerprint density at radius 2 is 2.12 bits per heavy atom. The molecule has 1 aromatic carbocycles. The average Bonchev–Trinajstić information content (AvgIpc) is 2.61. The zero-order valence-corrected chi connectivity index (χ0v) is 13.2. The van der Waals surface area contributed by atoms with Gasteiger partial charge in [0.1, 0.15) is 11.3 Å². The van der Waals surface area contributed by atoms with E-state index in [1.807, 2.05) is 42.7 Å². The number of rotatable bonds is 3. The minimum absolute atomic E-state index is 0.0683. The molecular weight excluding hydrogens is 308 g/mol. The first-order valence-corrected chi connectivity index (χ1v) is 7.62. The number of benzene rings is 1. The van der Waals surface area contributed by atoms with Gasteiger partial charge >= 0.3 is 0 Å². The molecule has 8 heteroatoms. The summed E-state index contributed by atoms with van der Waals surface area (Å²) in [7, 11) is 0. The molecule has 1 aromatic heterocycles. The summed E-state index contributed by atoms with van der Waals surface area (Å²) in [5.74, 6) is 4.93. The number of hydrazine groups is 1. The third kappa shape index (κ3) is 2.91. The molecule has 1 aliphatic heterocycles. The van der Waals surface area contributed by atoms with Crippen LogP contribution in [0.5, 0.6) is 0 Å². The maximum absolute atomic E-state index is 12.6. The normalized spacial score (nSPS) is 18.1. The number of aromatic nitrogens is 2. The number of carbonyl (C=O) groups excluding carboxylic acids is 1. The largest absolute Gasteiger partial charge is 0.290 e. The summed E-state index contributed by atoms with van der Waals surface area (Å²) in [6, 6.07) is 9.44. The molecule has 0 aliphatic carbocycles. The van der Waals surface area contributed by atoms with E-state index in [2.05, 4.69) is 15.5 Å². The van der Waals surface area contributed by atoms with Crippen LogP contribution in [0.2, 0.25) is 0 Å². The summed E-state index contributed by atoms with van der Waals surface area (Å²) in [5, 5.41) is 4.38. The second-order valence-corrected chi connectivity index (χ2v) is 5.57. The number of fused-ring (bicyclic) bond motifs is 1. The van der Waals surface area contributed by atoms with Gasteiger partial charge in [-0.1, -0.05) is 18.2 Å². The van der Waals surface area contributed by atoms with Crippen LogP contribution in [0, 0.1) is 0 Å².